The van der Waals surface area contributed by atoms with E-state index in [1.54, 1.807) is 19.1 Å². The van der Waals surface area contributed by atoms with Crippen LogP contribution in [0, 0.1) is 6.92 Å². The first-order valence-electron chi connectivity index (χ1n) is 8.31. The summed E-state index contributed by atoms with van der Waals surface area (Å²) in [6.07, 6.45) is 0. The van der Waals surface area contributed by atoms with E-state index in [0.29, 0.717) is 16.9 Å². The van der Waals surface area contributed by atoms with Crippen LogP contribution in [-0.4, -0.2) is 24.4 Å². The Hall–Kier alpha value is -3.12. The van der Waals surface area contributed by atoms with Crippen LogP contribution in [0.15, 0.2) is 59.3 Å². The minimum atomic E-state index is -0.625. The molecule has 27 heavy (non-hydrogen) atoms. The molecule has 0 aliphatic carbocycles. The van der Waals surface area contributed by atoms with Gasteiger partial charge in [0.2, 0.25) is 0 Å². The number of amides is 2. The van der Waals surface area contributed by atoms with E-state index in [2.05, 4.69) is 5.32 Å². The molecule has 6 nitrogen and oxygen atoms in total. The molecule has 2 aromatic rings. The Morgan fingerprint density at radius 3 is 2.26 bits per heavy atom. The number of hydrogen-bond donors (Lipinski definition) is 1. The number of nitrogens with zero attached hydrogens (tertiary/aromatic N) is 1. The lowest BCUT2D eigenvalue weighted by Gasteiger charge is -2.15. The van der Waals surface area contributed by atoms with Crippen molar-refractivity contribution in [2.45, 2.75) is 13.8 Å². The van der Waals surface area contributed by atoms with Crippen LogP contribution in [0.3, 0.4) is 0 Å². The van der Waals surface area contributed by atoms with Gasteiger partial charge in [0.1, 0.15) is 10.7 Å². The van der Waals surface area contributed by atoms with E-state index in [1.807, 2.05) is 19.1 Å². The zero-order valence-electron chi connectivity index (χ0n) is 14.8. The van der Waals surface area contributed by atoms with Crippen molar-refractivity contribution >= 4 is 40.8 Å². The van der Waals surface area contributed by atoms with Crippen molar-refractivity contribution in [1.29, 1.82) is 0 Å². The minimum absolute atomic E-state index is 0.0139. The highest BCUT2D eigenvalue weighted by atomic mass is 35.5. The summed E-state index contributed by atoms with van der Waals surface area (Å²) in [5.41, 5.74) is 2.38. The van der Waals surface area contributed by atoms with Gasteiger partial charge < -0.3 is 10.1 Å². The molecule has 2 amide bonds. The topological polar surface area (TPSA) is 75.7 Å². The molecular formula is C20H17ClN2O4. The van der Waals surface area contributed by atoms with Crippen molar-refractivity contribution < 1.29 is 19.1 Å². The van der Waals surface area contributed by atoms with Gasteiger partial charge in [0.25, 0.3) is 11.8 Å². The lowest BCUT2D eigenvalue weighted by molar-refractivity contribution is -0.120. The van der Waals surface area contributed by atoms with E-state index in [0.717, 1.165) is 10.5 Å². The summed E-state index contributed by atoms with van der Waals surface area (Å²) in [4.78, 5) is 37.9. The van der Waals surface area contributed by atoms with Crippen molar-refractivity contribution in [3.63, 3.8) is 0 Å². The Balaban J connectivity index is 1.82. The Labute approximate surface area is 161 Å². The molecule has 7 heteroatoms. The maximum atomic E-state index is 12.7. The van der Waals surface area contributed by atoms with Crippen molar-refractivity contribution in [3.8, 4) is 0 Å². The predicted molar refractivity (Wildman–Crippen MR) is 103 cm³/mol. The number of hydrogen-bond acceptors (Lipinski definition) is 5. The Morgan fingerprint density at radius 2 is 1.67 bits per heavy atom. The average Bonchev–Trinajstić information content (AvgIpc) is 2.87. The summed E-state index contributed by atoms with van der Waals surface area (Å²) in [5.74, 6) is -1.66. The first-order chi connectivity index (χ1) is 12.9. The molecule has 1 aliphatic rings. The van der Waals surface area contributed by atoms with Gasteiger partial charge in [-0.25, -0.2) is 9.69 Å². The zero-order chi connectivity index (χ0) is 19.6. The van der Waals surface area contributed by atoms with E-state index in [9.17, 15) is 14.4 Å². The molecule has 1 N–H and O–H groups in total. The number of benzene rings is 2. The van der Waals surface area contributed by atoms with Gasteiger partial charge in [-0.3, -0.25) is 9.59 Å². The standard InChI is InChI=1S/C20H17ClN2O4/c1-3-27-20(26)13-6-10-15(11-7-13)23-18(24)16(21)17(19(23)25)22-14-8-4-12(2)5-9-14/h4-11,22H,3H2,1-2H3. The molecule has 1 heterocycles. The SMILES string of the molecule is CCOC(=O)c1ccc(N2C(=O)C(Cl)=C(Nc3ccc(C)cc3)C2=O)cc1. The molecular weight excluding hydrogens is 368 g/mol. The third-order valence-electron chi connectivity index (χ3n) is 3.98. The number of ether oxygens (including phenoxy) is 1. The zero-order valence-corrected chi connectivity index (χ0v) is 15.5. The van der Waals surface area contributed by atoms with E-state index < -0.39 is 17.8 Å². The molecule has 0 radical (unpaired) electrons. The third kappa shape index (κ3) is 3.71. The number of rotatable bonds is 5. The summed E-state index contributed by atoms with van der Waals surface area (Å²) >= 11 is 6.10. The molecule has 0 spiro atoms. The summed E-state index contributed by atoms with van der Waals surface area (Å²) in [6, 6.07) is 13.3. The van der Waals surface area contributed by atoms with Gasteiger partial charge in [-0.1, -0.05) is 29.3 Å². The van der Waals surface area contributed by atoms with Gasteiger partial charge in [0.05, 0.1) is 17.9 Å². The van der Waals surface area contributed by atoms with Crippen LogP contribution in [0.5, 0.6) is 0 Å². The molecule has 0 atom stereocenters. The number of esters is 1. The summed E-state index contributed by atoms with van der Waals surface area (Å²) in [5, 5.41) is 2.72. The van der Waals surface area contributed by atoms with E-state index in [4.69, 9.17) is 16.3 Å². The Morgan fingerprint density at radius 1 is 1.04 bits per heavy atom. The molecule has 0 fully saturated rings. The van der Waals surface area contributed by atoms with Crippen molar-refractivity contribution in [2.75, 3.05) is 16.8 Å². The van der Waals surface area contributed by atoms with Gasteiger partial charge in [-0.15, -0.1) is 0 Å². The first kappa shape index (κ1) is 18.7. The smallest absolute Gasteiger partial charge is 0.338 e. The Kier molecular flexibility index (Phi) is 5.28. The second-order valence-corrected chi connectivity index (χ2v) is 6.27. The maximum absolute atomic E-state index is 12.7. The molecule has 0 bridgehead atoms. The molecule has 0 saturated heterocycles. The van der Waals surface area contributed by atoms with Crippen LogP contribution in [0.2, 0.25) is 0 Å². The predicted octanol–water partition coefficient (Wildman–Crippen LogP) is 3.61. The molecule has 0 saturated carbocycles. The average molecular weight is 385 g/mol. The lowest BCUT2D eigenvalue weighted by Crippen LogP contribution is -2.32. The number of aryl methyl sites for hydroxylation is 1. The fraction of sp³-hybridized carbons (Fsp3) is 0.150. The van der Waals surface area contributed by atoms with Crippen LogP contribution < -0.4 is 10.2 Å². The van der Waals surface area contributed by atoms with Crippen LogP contribution in [-0.2, 0) is 14.3 Å². The van der Waals surface area contributed by atoms with Gasteiger partial charge >= 0.3 is 5.97 Å². The second kappa shape index (κ2) is 7.63. The highest BCUT2D eigenvalue weighted by Gasteiger charge is 2.39. The third-order valence-corrected chi connectivity index (χ3v) is 4.34. The fourth-order valence-electron chi connectivity index (χ4n) is 2.59. The van der Waals surface area contributed by atoms with Crippen LogP contribution in [0.1, 0.15) is 22.8 Å². The van der Waals surface area contributed by atoms with E-state index in [-0.39, 0.29) is 17.3 Å². The van der Waals surface area contributed by atoms with Crippen LogP contribution >= 0.6 is 11.6 Å². The van der Waals surface area contributed by atoms with Crippen molar-refractivity contribution in [2.24, 2.45) is 0 Å². The minimum Gasteiger partial charge on any atom is -0.462 e. The first-order valence-corrected chi connectivity index (χ1v) is 8.69. The van der Waals surface area contributed by atoms with Crippen molar-refractivity contribution in [3.05, 3.63) is 70.4 Å². The Bertz CT molecular complexity index is 933. The number of carbonyl (C=O) groups is 3. The van der Waals surface area contributed by atoms with Gasteiger partial charge in [0, 0.05) is 5.69 Å². The number of halogens is 1. The van der Waals surface area contributed by atoms with Gasteiger partial charge in [-0.2, -0.15) is 0 Å². The second-order valence-electron chi connectivity index (χ2n) is 5.89. The van der Waals surface area contributed by atoms with Gasteiger partial charge in [-0.05, 0) is 50.2 Å². The molecule has 2 aromatic carbocycles. The molecule has 1 aliphatic heterocycles. The quantitative estimate of drug-likeness (QED) is 0.629. The highest BCUT2D eigenvalue weighted by Crippen LogP contribution is 2.30. The monoisotopic (exact) mass is 384 g/mol. The largest absolute Gasteiger partial charge is 0.462 e. The fourth-order valence-corrected chi connectivity index (χ4v) is 2.80. The van der Waals surface area contributed by atoms with E-state index >= 15 is 0 Å². The molecule has 0 aromatic heterocycles. The number of imide groups is 1. The molecule has 138 valence electrons. The number of carbonyl (C=O) groups excluding carboxylic acids is 3. The summed E-state index contributed by atoms with van der Waals surface area (Å²) in [6.45, 7) is 3.92. The van der Waals surface area contributed by atoms with Crippen LogP contribution in [0.4, 0.5) is 11.4 Å². The normalized spacial score (nSPS) is 14.0. The highest BCUT2D eigenvalue weighted by molar-refractivity contribution is 6.53. The number of anilines is 2. The van der Waals surface area contributed by atoms with Gasteiger partial charge in [0.15, 0.2) is 0 Å². The molecule has 0 unspecified atom stereocenters. The molecule has 3 rings (SSSR count). The lowest BCUT2D eigenvalue weighted by atomic mass is 10.2. The summed E-state index contributed by atoms with van der Waals surface area (Å²) in [7, 11) is 0. The van der Waals surface area contributed by atoms with Crippen molar-refractivity contribution in [1.82, 2.24) is 0 Å². The van der Waals surface area contributed by atoms with E-state index in [1.165, 1.54) is 24.3 Å². The number of nitrogens with one attached hydrogen (secondary N) is 1. The van der Waals surface area contributed by atoms with Crippen LogP contribution in [0.25, 0.3) is 0 Å². The maximum Gasteiger partial charge on any atom is 0.338 e. The summed E-state index contributed by atoms with van der Waals surface area (Å²) < 4.78 is 4.92.